The smallest absolute Gasteiger partial charge is 0.0843 e. The van der Waals surface area contributed by atoms with Gasteiger partial charge in [0.25, 0.3) is 0 Å². The molecule has 1 heterocycles. The van der Waals surface area contributed by atoms with Crippen molar-refractivity contribution in [2.24, 2.45) is 24.7 Å². The van der Waals surface area contributed by atoms with E-state index in [9.17, 15) is 0 Å². The normalized spacial score (nSPS) is 24.8. The summed E-state index contributed by atoms with van der Waals surface area (Å²) < 4.78 is 1.75. The van der Waals surface area contributed by atoms with Gasteiger partial charge in [-0.15, -0.1) is 5.10 Å². The van der Waals surface area contributed by atoms with Gasteiger partial charge in [0, 0.05) is 25.7 Å². The Bertz CT molecular complexity index is 381. The molecule has 1 saturated carbocycles. The average molecular weight is 279 g/mol. The number of aromatic nitrogens is 3. The van der Waals surface area contributed by atoms with Gasteiger partial charge in [-0.05, 0) is 24.7 Å². The summed E-state index contributed by atoms with van der Waals surface area (Å²) in [6.07, 6.45) is 12.3. The van der Waals surface area contributed by atoms with E-state index in [1.165, 1.54) is 44.9 Å². The van der Waals surface area contributed by atoms with Gasteiger partial charge in [-0.3, -0.25) is 16.0 Å². The molecule has 0 radical (unpaired) electrons. The Morgan fingerprint density at radius 3 is 2.70 bits per heavy atom. The van der Waals surface area contributed by atoms with Crippen molar-refractivity contribution < 1.29 is 0 Å². The SMILES string of the molecule is CCCCC1CCC(C(Cc2cn(C)nn2)NN)CC1. The highest BCUT2D eigenvalue weighted by molar-refractivity contribution is 4.97. The number of nitrogens with two attached hydrogens (primary N) is 1. The van der Waals surface area contributed by atoms with Gasteiger partial charge in [0.15, 0.2) is 0 Å². The molecule has 0 saturated heterocycles. The molecule has 1 aromatic heterocycles. The van der Waals surface area contributed by atoms with E-state index in [2.05, 4.69) is 22.7 Å². The van der Waals surface area contributed by atoms with Crippen LogP contribution in [0.2, 0.25) is 0 Å². The van der Waals surface area contributed by atoms with Crippen molar-refractivity contribution in [3.8, 4) is 0 Å². The molecular weight excluding hydrogens is 250 g/mol. The number of nitrogens with one attached hydrogen (secondary N) is 1. The minimum absolute atomic E-state index is 0.332. The molecule has 0 spiro atoms. The Labute approximate surface area is 122 Å². The van der Waals surface area contributed by atoms with Crippen LogP contribution in [0.4, 0.5) is 0 Å². The molecule has 114 valence electrons. The van der Waals surface area contributed by atoms with Gasteiger partial charge in [-0.2, -0.15) is 0 Å². The van der Waals surface area contributed by atoms with Crippen LogP contribution in [0, 0.1) is 11.8 Å². The maximum absolute atomic E-state index is 5.77. The Morgan fingerprint density at radius 1 is 1.40 bits per heavy atom. The Morgan fingerprint density at radius 2 is 2.15 bits per heavy atom. The number of hydrogen-bond acceptors (Lipinski definition) is 4. The van der Waals surface area contributed by atoms with Crippen LogP contribution < -0.4 is 11.3 Å². The second-order valence-electron chi connectivity index (χ2n) is 6.28. The fourth-order valence-corrected chi connectivity index (χ4v) is 3.45. The lowest BCUT2D eigenvalue weighted by Crippen LogP contribution is -2.43. The fourth-order valence-electron chi connectivity index (χ4n) is 3.45. The van der Waals surface area contributed by atoms with Crippen molar-refractivity contribution in [3.63, 3.8) is 0 Å². The number of nitrogens with zero attached hydrogens (tertiary/aromatic N) is 3. The van der Waals surface area contributed by atoms with E-state index >= 15 is 0 Å². The molecule has 1 atom stereocenters. The zero-order valence-electron chi connectivity index (χ0n) is 12.9. The summed E-state index contributed by atoms with van der Waals surface area (Å²) in [6.45, 7) is 2.28. The van der Waals surface area contributed by atoms with E-state index in [0.717, 1.165) is 18.0 Å². The fraction of sp³-hybridized carbons (Fsp3) is 0.867. The highest BCUT2D eigenvalue weighted by atomic mass is 15.4. The van der Waals surface area contributed by atoms with Crippen LogP contribution in [0.3, 0.4) is 0 Å². The van der Waals surface area contributed by atoms with Gasteiger partial charge in [0.2, 0.25) is 0 Å². The molecule has 0 amide bonds. The van der Waals surface area contributed by atoms with Crippen LogP contribution >= 0.6 is 0 Å². The van der Waals surface area contributed by atoms with Crippen LogP contribution in [0.25, 0.3) is 0 Å². The molecule has 3 N–H and O–H groups in total. The first-order chi connectivity index (χ1) is 9.72. The van der Waals surface area contributed by atoms with Crippen molar-refractivity contribution in [1.82, 2.24) is 20.4 Å². The molecule has 5 nitrogen and oxygen atoms in total. The monoisotopic (exact) mass is 279 g/mol. The Balaban J connectivity index is 1.81. The number of hydrazine groups is 1. The quantitative estimate of drug-likeness (QED) is 0.593. The summed E-state index contributed by atoms with van der Waals surface area (Å²) in [5.41, 5.74) is 4.04. The molecule has 5 heteroatoms. The average Bonchev–Trinajstić information content (AvgIpc) is 2.88. The summed E-state index contributed by atoms with van der Waals surface area (Å²) in [7, 11) is 1.90. The second-order valence-corrected chi connectivity index (χ2v) is 6.28. The zero-order valence-corrected chi connectivity index (χ0v) is 12.9. The van der Waals surface area contributed by atoms with Gasteiger partial charge < -0.3 is 0 Å². The predicted octanol–water partition coefficient (Wildman–Crippen LogP) is 2.19. The largest absolute Gasteiger partial charge is 0.271 e. The lowest BCUT2D eigenvalue weighted by molar-refractivity contribution is 0.211. The lowest BCUT2D eigenvalue weighted by atomic mass is 9.76. The molecule has 1 fully saturated rings. The first-order valence-electron chi connectivity index (χ1n) is 8.04. The van der Waals surface area contributed by atoms with E-state index in [1.54, 1.807) is 4.68 Å². The molecule has 1 aliphatic rings. The van der Waals surface area contributed by atoms with Gasteiger partial charge >= 0.3 is 0 Å². The van der Waals surface area contributed by atoms with Gasteiger partial charge in [0.1, 0.15) is 0 Å². The highest BCUT2D eigenvalue weighted by Crippen LogP contribution is 2.34. The third-order valence-corrected chi connectivity index (χ3v) is 4.72. The third kappa shape index (κ3) is 4.28. The minimum atomic E-state index is 0.332. The van der Waals surface area contributed by atoms with Crippen LogP contribution in [0.15, 0.2) is 6.20 Å². The molecule has 0 aliphatic heterocycles. The lowest BCUT2D eigenvalue weighted by Gasteiger charge is -2.33. The second kappa shape index (κ2) is 7.74. The molecule has 1 unspecified atom stereocenters. The van der Waals surface area contributed by atoms with Gasteiger partial charge in [-0.25, -0.2) is 0 Å². The van der Waals surface area contributed by atoms with Crippen molar-refractivity contribution in [3.05, 3.63) is 11.9 Å². The first kappa shape index (κ1) is 15.4. The number of rotatable bonds is 7. The molecule has 0 aromatic carbocycles. The summed E-state index contributed by atoms with van der Waals surface area (Å²) in [4.78, 5) is 0. The summed E-state index contributed by atoms with van der Waals surface area (Å²) in [5.74, 6) is 7.39. The van der Waals surface area contributed by atoms with Crippen LogP contribution in [0.1, 0.15) is 57.6 Å². The van der Waals surface area contributed by atoms with E-state index in [1.807, 2.05) is 13.2 Å². The summed E-state index contributed by atoms with van der Waals surface area (Å²) >= 11 is 0. The minimum Gasteiger partial charge on any atom is -0.271 e. The van der Waals surface area contributed by atoms with E-state index < -0.39 is 0 Å². The maximum Gasteiger partial charge on any atom is 0.0843 e. The Kier molecular flexibility index (Phi) is 5.98. The highest BCUT2D eigenvalue weighted by Gasteiger charge is 2.27. The molecule has 2 rings (SSSR count). The van der Waals surface area contributed by atoms with Crippen LogP contribution in [0.5, 0.6) is 0 Å². The molecular formula is C15H29N5. The van der Waals surface area contributed by atoms with Gasteiger partial charge in [-0.1, -0.05) is 44.2 Å². The third-order valence-electron chi connectivity index (χ3n) is 4.72. The topological polar surface area (TPSA) is 68.8 Å². The van der Waals surface area contributed by atoms with E-state index in [-0.39, 0.29) is 0 Å². The first-order valence-corrected chi connectivity index (χ1v) is 8.04. The van der Waals surface area contributed by atoms with E-state index in [0.29, 0.717) is 12.0 Å². The maximum atomic E-state index is 5.77. The number of aryl methyl sites for hydroxylation is 1. The molecule has 0 bridgehead atoms. The number of unbranched alkanes of at least 4 members (excludes halogenated alkanes) is 1. The molecule has 20 heavy (non-hydrogen) atoms. The van der Waals surface area contributed by atoms with Gasteiger partial charge in [0.05, 0.1) is 5.69 Å². The summed E-state index contributed by atoms with van der Waals surface area (Å²) in [5, 5.41) is 8.16. The van der Waals surface area contributed by atoms with E-state index in [4.69, 9.17) is 5.84 Å². The Hall–Kier alpha value is -0.940. The van der Waals surface area contributed by atoms with Crippen molar-refractivity contribution in [2.75, 3.05) is 0 Å². The summed E-state index contributed by atoms with van der Waals surface area (Å²) in [6, 6.07) is 0.332. The van der Waals surface area contributed by atoms with Crippen molar-refractivity contribution in [2.45, 2.75) is 64.3 Å². The number of hydrogen-bond donors (Lipinski definition) is 2. The van der Waals surface area contributed by atoms with Crippen molar-refractivity contribution >= 4 is 0 Å². The van der Waals surface area contributed by atoms with Crippen LogP contribution in [-0.2, 0) is 13.5 Å². The zero-order chi connectivity index (χ0) is 14.4. The predicted molar refractivity (Wildman–Crippen MR) is 80.8 cm³/mol. The molecule has 1 aromatic rings. The van der Waals surface area contributed by atoms with Crippen molar-refractivity contribution in [1.29, 1.82) is 0 Å². The van der Waals surface area contributed by atoms with Crippen LogP contribution in [-0.4, -0.2) is 21.0 Å². The molecule has 1 aliphatic carbocycles. The standard InChI is InChI=1S/C15H29N5/c1-3-4-5-12-6-8-13(9-7-12)15(17-16)10-14-11-20(2)19-18-14/h11-13,15,17H,3-10,16H2,1-2H3.